The number of rotatable bonds is 8. The van der Waals surface area contributed by atoms with E-state index in [2.05, 4.69) is 50.8 Å². The maximum atomic E-state index is 10.0. The second-order valence-electron chi connectivity index (χ2n) is 5.63. The standard InChI is InChI=1S/C17H29NO2/c1-6-18(7-2)11-16(19)12-20-17-10-15(13(3)4)9-8-14(17)5/h8-10,13,16,19H,6-7,11-12H2,1-5H3. The number of aryl methyl sites for hydroxylation is 1. The maximum absolute atomic E-state index is 10.0. The van der Waals surface area contributed by atoms with Crippen LogP contribution in [-0.2, 0) is 0 Å². The smallest absolute Gasteiger partial charge is 0.122 e. The van der Waals surface area contributed by atoms with Crippen molar-refractivity contribution in [1.82, 2.24) is 4.90 Å². The fourth-order valence-electron chi connectivity index (χ4n) is 2.15. The molecule has 1 rings (SSSR count). The highest BCUT2D eigenvalue weighted by molar-refractivity contribution is 5.37. The van der Waals surface area contributed by atoms with Crippen LogP contribution in [0.2, 0.25) is 0 Å². The molecule has 1 N–H and O–H groups in total. The number of benzene rings is 1. The van der Waals surface area contributed by atoms with Gasteiger partial charge in [-0.1, -0.05) is 39.8 Å². The molecule has 0 bridgehead atoms. The molecule has 0 aliphatic rings. The van der Waals surface area contributed by atoms with Gasteiger partial charge in [-0.15, -0.1) is 0 Å². The van der Waals surface area contributed by atoms with Gasteiger partial charge in [-0.3, -0.25) is 0 Å². The fraction of sp³-hybridized carbons (Fsp3) is 0.647. The molecule has 0 saturated heterocycles. The Hall–Kier alpha value is -1.06. The van der Waals surface area contributed by atoms with Gasteiger partial charge in [-0.2, -0.15) is 0 Å². The summed E-state index contributed by atoms with van der Waals surface area (Å²) in [7, 11) is 0. The van der Waals surface area contributed by atoms with Gasteiger partial charge in [0.25, 0.3) is 0 Å². The Morgan fingerprint density at radius 3 is 2.40 bits per heavy atom. The summed E-state index contributed by atoms with van der Waals surface area (Å²) in [6.45, 7) is 13.5. The molecule has 0 aromatic heterocycles. The number of aliphatic hydroxyl groups excluding tert-OH is 1. The van der Waals surface area contributed by atoms with Gasteiger partial charge < -0.3 is 14.7 Å². The lowest BCUT2D eigenvalue weighted by Crippen LogP contribution is -2.35. The molecule has 1 unspecified atom stereocenters. The molecule has 1 aromatic carbocycles. The third kappa shape index (κ3) is 5.14. The molecule has 20 heavy (non-hydrogen) atoms. The number of hydrogen-bond acceptors (Lipinski definition) is 3. The lowest BCUT2D eigenvalue weighted by Gasteiger charge is -2.22. The van der Waals surface area contributed by atoms with Crippen molar-refractivity contribution >= 4 is 0 Å². The molecule has 3 nitrogen and oxygen atoms in total. The predicted molar refractivity (Wildman–Crippen MR) is 84.6 cm³/mol. The van der Waals surface area contributed by atoms with Gasteiger partial charge in [0.05, 0.1) is 0 Å². The van der Waals surface area contributed by atoms with E-state index in [1.165, 1.54) is 5.56 Å². The SMILES string of the molecule is CCN(CC)CC(O)COc1cc(C(C)C)ccc1C. The van der Waals surface area contributed by atoms with Crippen LogP contribution in [0.1, 0.15) is 44.7 Å². The van der Waals surface area contributed by atoms with Crippen molar-refractivity contribution in [2.75, 3.05) is 26.2 Å². The lowest BCUT2D eigenvalue weighted by molar-refractivity contribution is 0.0713. The van der Waals surface area contributed by atoms with Gasteiger partial charge in [-0.25, -0.2) is 0 Å². The van der Waals surface area contributed by atoms with Gasteiger partial charge >= 0.3 is 0 Å². The number of likely N-dealkylation sites (N-methyl/N-ethyl adjacent to an activating group) is 1. The van der Waals surface area contributed by atoms with Gasteiger partial charge in [0.1, 0.15) is 18.5 Å². The van der Waals surface area contributed by atoms with E-state index in [4.69, 9.17) is 4.74 Å². The molecule has 1 atom stereocenters. The van der Waals surface area contributed by atoms with E-state index in [-0.39, 0.29) is 0 Å². The Labute approximate surface area is 123 Å². The van der Waals surface area contributed by atoms with Crippen LogP contribution in [0.3, 0.4) is 0 Å². The summed E-state index contributed by atoms with van der Waals surface area (Å²) in [6, 6.07) is 6.31. The van der Waals surface area contributed by atoms with Crippen molar-refractivity contribution < 1.29 is 9.84 Å². The first kappa shape index (κ1) is 17.0. The number of ether oxygens (including phenoxy) is 1. The molecule has 114 valence electrons. The Morgan fingerprint density at radius 2 is 1.85 bits per heavy atom. The summed E-state index contributed by atoms with van der Waals surface area (Å²) in [5.41, 5.74) is 2.38. The quantitative estimate of drug-likeness (QED) is 0.793. The van der Waals surface area contributed by atoms with Crippen molar-refractivity contribution in [3.05, 3.63) is 29.3 Å². The van der Waals surface area contributed by atoms with Crippen molar-refractivity contribution in [3.63, 3.8) is 0 Å². The first-order valence-corrected chi connectivity index (χ1v) is 7.61. The van der Waals surface area contributed by atoms with Crippen LogP contribution in [0.5, 0.6) is 5.75 Å². The molecule has 0 aliphatic carbocycles. The van der Waals surface area contributed by atoms with Gasteiger partial charge in [0.2, 0.25) is 0 Å². The minimum atomic E-state index is -0.447. The average molecular weight is 279 g/mol. The van der Waals surface area contributed by atoms with Crippen LogP contribution in [0.15, 0.2) is 18.2 Å². The van der Waals surface area contributed by atoms with Crippen LogP contribution in [0, 0.1) is 6.92 Å². The zero-order valence-electron chi connectivity index (χ0n) is 13.5. The van der Waals surface area contributed by atoms with E-state index in [9.17, 15) is 5.11 Å². The Bertz CT molecular complexity index is 400. The largest absolute Gasteiger partial charge is 0.491 e. The van der Waals surface area contributed by atoms with E-state index >= 15 is 0 Å². The summed E-state index contributed by atoms with van der Waals surface area (Å²) in [5.74, 6) is 1.37. The summed E-state index contributed by atoms with van der Waals surface area (Å²) in [4.78, 5) is 2.20. The number of aliphatic hydroxyl groups is 1. The molecule has 0 aliphatic heterocycles. The molecule has 1 aromatic rings. The van der Waals surface area contributed by atoms with Crippen molar-refractivity contribution in [2.24, 2.45) is 0 Å². The second-order valence-corrected chi connectivity index (χ2v) is 5.63. The normalized spacial score (nSPS) is 13.0. The van der Waals surface area contributed by atoms with E-state index in [1.807, 2.05) is 6.92 Å². The third-order valence-corrected chi connectivity index (χ3v) is 3.67. The minimum absolute atomic E-state index is 0.346. The van der Waals surface area contributed by atoms with E-state index in [0.717, 1.165) is 24.4 Å². The molecule has 0 heterocycles. The highest BCUT2D eigenvalue weighted by atomic mass is 16.5. The zero-order chi connectivity index (χ0) is 15.1. The monoisotopic (exact) mass is 279 g/mol. The topological polar surface area (TPSA) is 32.7 Å². The minimum Gasteiger partial charge on any atom is -0.491 e. The molecular formula is C17H29NO2. The van der Waals surface area contributed by atoms with E-state index < -0.39 is 6.10 Å². The molecule has 3 heteroatoms. The van der Waals surface area contributed by atoms with E-state index in [0.29, 0.717) is 19.1 Å². The van der Waals surface area contributed by atoms with Crippen LogP contribution < -0.4 is 4.74 Å². The highest BCUT2D eigenvalue weighted by Crippen LogP contribution is 2.24. The van der Waals surface area contributed by atoms with Crippen molar-refractivity contribution in [1.29, 1.82) is 0 Å². The van der Waals surface area contributed by atoms with Crippen LogP contribution in [-0.4, -0.2) is 42.4 Å². The average Bonchev–Trinajstić information content (AvgIpc) is 2.43. The highest BCUT2D eigenvalue weighted by Gasteiger charge is 2.11. The number of hydrogen-bond donors (Lipinski definition) is 1. The molecule has 0 spiro atoms. The lowest BCUT2D eigenvalue weighted by atomic mass is 10.0. The summed E-state index contributed by atoms with van der Waals surface area (Å²) in [5, 5.41) is 10.0. The third-order valence-electron chi connectivity index (χ3n) is 3.67. The van der Waals surface area contributed by atoms with Crippen molar-refractivity contribution in [2.45, 2.75) is 46.6 Å². The Balaban J connectivity index is 2.58. The van der Waals surface area contributed by atoms with Gasteiger partial charge in [-0.05, 0) is 43.1 Å². The fourth-order valence-corrected chi connectivity index (χ4v) is 2.15. The van der Waals surface area contributed by atoms with Gasteiger partial charge in [0.15, 0.2) is 0 Å². The Morgan fingerprint density at radius 1 is 1.20 bits per heavy atom. The van der Waals surface area contributed by atoms with Crippen LogP contribution >= 0.6 is 0 Å². The second kappa shape index (κ2) is 8.28. The first-order valence-electron chi connectivity index (χ1n) is 7.61. The molecule has 0 amide bonds. The summed E-state index contributed by atoms with van der Waals surface area (Å²) < 4.78 is 5.80. The first-order chi connectivity index (χ1) is 9.47. The predicted octanol–water partition coefficient (Wildman–Crippen LogP) is 3.20. The van der Waals surface area contributed by atoms with Crippen LogP contribution in [0.25, 0.3) is 0 Å². The molecular weight excluding hydrogens is 250 g/mol. The van der Waals surface area contributed by atoms with Crippen LogP contribution in [0.4, 0.5) is 0 Å². The van der Waals surface area contributed by atoms with E-state index in [1.54, 1.807) is 0 Å². The zero-order valence-corrected chi connectivity index (χ0v) is 13.5. The summed E-state index contributed by atoms with van der Waals surface area (Å²) in [6.07, 6.45) is -0.447. The summed E-state index contributed by atoms with van der Waals surface area (Å²) >= 11 is 0. The Kier molecular flexibility index (Phi) is 7.03. The number of nitrogens with zero attached hydrogens (tertiary/aromatic N) is 1. The van der Waals surface area contributed by atoms with Gasteiger partial charge in [0, 0.05) is 6.54 Å². The molecule has 0 radical (unpaired) electrons. The molecule has 0 saturated carbocycles. The maximum Gasteiger partial charge on any atom is 0.122 e. The molecule has 0 fully saturated rings. The van der Waals surface area contributed by atoms with Crippen molar-refractivity contribution in [3.8, 4) is 5.75 Å².